The first-order valence-corrected chi connectivity index (χ1v) is 6.49. The topological polar surface area (TPSA) is 52.6 Å². The molecule has 1 atom stereocenters. The molecule has 5 heteroatoms. The average Bonchev–Trinajstić information content (AvgIpc) is 2.37. The predicted octanol–water partition coefficient (Wildman–Crippen LogP) is 2.98. The Morgan fingerprint density at radius 2 is 2.17 bits per heavy atom. The van der Waals surface area contributed by atoms with E-state index in [2.05, 4.69) is 15.9 Å². The number of carbonyl (C=O) groups is 2. The minimum Gasteiger partial charge on any atom is -0.479 e. The van der Waals surface area contributed by atoms with Gasteiger partial charge in [-0.05, 0) is 31.5 Å². The molecule has 0 saturated carbocycles. The molecule has 0 bridgehead atoms. The summed E-state index contributed by atoms with van der Waals surface area (Å²) in [5.74, 6) is 0.0794. The summed E-state index contributed by atoms with van der Waals surface area (Å²) in [7, 11) is 0. The minimum absolute atomic E-state index is 0.318. The number of halogens is 1. The highest BCUT2D eigenvalue weighted by atomic mass is 79.9. The van der Waals surface area contributed by atoms with Crippen LogP contribution >= 0.6 is 15.9 Å². The van der Waals surface area contributed by atoms with Gasteiger partial charge >= 0.3 is 5.97 Å². The molecule has 1 aromatic carbocycles. The number of benzene rings is 1. The molecular formula is C13H15BrO4. The molecule has 0 fully saturated rings. The van der Waals surface area contributed by atoms with Crippen molar-refractivity contribution in [3.8, 4) is 5.75 Å². The zero-order valence-electron chi connectivity index (χ0n) is 10.3. The summed E-state index contributed by atoms with van der Waals surface area (Å²) in [6.45, 7) is 3.90. The minimum atomic E-state index is -0.648. The van der Waals surface area contributed by atoms with Gasteiger partial charge in [-0.3, -0.25) is 4.79 Å². The van der Waals surface area contributed by atoms with E-state index < -0.39 is 12.1 Å². The van der Waals surface area contributed by atoms with E-state index >= 15 is 0 Å². The Morgan fingerprint density at radius 3 is 2.72 bits per heavy atom. The third-order valence-corrected chi connectivity index (χ3v) is 3.02. The summed E-state index contributed by atoms with van der Waals surface area (Å²) in [5, 5.41) is 0. The zero-order valence-corrected chi connectivity index (χ0v) is 11.9. The first kappa shape index (κ1) is 14.7. The summed E-state index contributed by atoms with van der Waals surface area (Å²) in [5.41, 5.74) is 0.478. The van der Waals surface area contributed by atoms with Crippen molar-refractivity contribution in [1.29, 1.82) is 0 Å². The van der Waals surface area contributed by atoms with Gasteiger partial charge in [-0.1, -0.05) is 22.9 Å². The number of rotatable bonds is 6. The van der Waals surface area contributed by atoms with Crippen LogP contribution in [0.25, 0.3) is 0 Å². The second kappa shape index (κ2) is 7.16. The Labute approximate surface area is 114 Å². The Bertz CT molecular complexity index is 431. The average molecular weight is 315 g/mol. The Kier molecular flexibility index (Phi) is 5.85. The fraction of sp³-hybridized carbons (Fsp3) is 0.385. The first-order valence-electron chi connectivity index (χ1n) is 5.70. The summed E-state index contributed by atoms with van der Waals surface area (Å²) < 4.78 is 11.1. The molecule has 0 aromatic heterocycles. The number of ether oxygens (including phenoxy) is 2. The van der Waals surface area contributed by atoms with Crippen molar-refractivity contribution in [3.63, 3.8) is 0 Å². The highest BCUT2D eigenvalue weighted by molar-refractivity contribution is 9.10. The fourth-order valence-electron chi connectivity index (χ4n) is 1.38. The van der Waals surface area contributed by atoms with Crippen LogP contribution in [0.2, 0.25) is 0 Å². The molecular weight excluding hydrogens is 300 g/mol. The van der Waals surface area contributed by atoms with E-state index in [1.54, 1.807) is 25.1 Å². The highest BCUT2D eigenvalue weighted by Crippen LogP contribution is 2.22. The van der Waals surface area contributed by atoms with Gasteiger partial charge in [0.2, 0.25) is 0 Å². The van der Waals surface area contributed by atoms with Crippen molar-refractivity contribution in [3.05, 3.63) is 28.2 Å². The molecule has 4 nitrogen and oxygen atoms in total. The molecule has 0 N–H and O–H groups in total. The smallest absolute Gasteiger partial charge is 0.347 e. The van der Waals surface area contributed by atoms with Crippen LogP contribution in [0.15, 0.2) is 22.7 Å². The summed E-state index contributed by atoms with van der Waals surface area (Å²) in [6.07, 6.45) is 0.582. The maximum absolute atomic E-state index is 11.6. The summed E-state index contributed by atoms with van der Waals surface area (Å²) in [6, 6.07) is 4.98. The monoisotopic (exact) mass is 314 g/mol. The van der Waals surface area contributed by atoms with E-state index in [1.165, 1.54) is 0 Å². The molecule has 1 rings (SSSR count). The molecule has 1 aromatic rings. The van der Waals surface area contributed by atoms with Crippen molar-refractivity contribution in [2.24, 2.45) is 0 Å². The first-order chi connectivity index (χ1) is 8.62. The number of hydrogen-bond acceptors (Lipinski definition) is 4. The summed E-state index contributed by atoms with van der Waals surface area (Å²) in [4.78, 5) is 22.4. The molecule has 0 aliphatic rings. The van der Waals surface area contributed by atoms with E-state index in [-0.39, 0.29) is 0 Å². The van der Waals surface area contributed by atoms with E-state index in [9.17, 15) is 9.59 Å². The van der Waals surface area contributed by atoms with Gasteiger partial charge in [0.25, 0.3) is 0 Å². The number of carbonyl (C=O) groups excluding carboxylic acids is 2. The van der Waals surface area contributed by atoms with Crippen LogP contribution < -0.4 is 4.74 Å². The zero-order chi connectivity index (χ0) is 13.5. The van der Waals surface area contributed by atoms with E-state index in [4.69, 9.17) is 9.47 Å². The summed E-state index contributed by atoms with van der Waals surface area (Å²) >= 11 is 3.25. The van der Waals surface area contributed by atoms with Crippen LogP contribution in [-0.4, -0.2) is 25.0 Å². The number of hydrogen-bond donors (Lipinski definition) is 0. The van der Waals surface area contributed by atoms with Crippen molar-refractivity contribution in [2.75, 3.05) is 6.61 Å². The van der Waals surface area contributed by atoms with Crippen molar-refractivity contribution in [2.45, 2.75) is 26.4 Å². The maximum Gasteiger partial charge on any atom is 0.347 e. The lowest BCUT2D eigenvalue weighted by molar-refractivity contribution is -0.151. The molecule has 0 amide bonds. The predicted molar refractivity (Wildman–Crippen MR) is 70.9 cm³/mol. The van der Waals surface area contributed by atoms with Crippen molar-refractivity contribution >= 4 is 28.2 Å². The van der Waals surface area contributed by atoms with E-state index in [1.807, 2.05) is 6.92 Å². The van der Waals surface area contributed by atoms with Crippen LogP contribution in [0.4, 0.5) is 0 Å². The van der Waals surface area contributed by atoms with E-state index in [0.29, 0.717) is 28.8 Å². The van der Waals surface area contributed by atoms with Crippen LogP contribution in [0.1, 0.15) is 30.6 Å². The molecule has 0 aliphatic heterocycles. The SMILES string of the molecule is CCOC(=O)C(CC)Oc1ccc(Br)c(C=O)c1. The van der Waals surface area contributed by atoms with Gasteiger partial charge in [0.1, 0.15) is 5.75 Å². The Balaban J connectivity index is 2.81. The van der Waals surface area contributed by atoms with Crippen molar-refractivity contribution in [1.82, 2.24) is 0 Å². The lowest BCUT2D eigenvalue weighted by Gasteiger charge is -2.16. The standard InChI is InChI=1S/C13H15BrO4/c1-3-12(13(16)17-4-2)18-10-5-6-11(14)9(7-10)8-15/h5-8,12H,3-4H2,1-2H3. The molecule has 1 unspecified atom stereocenters. The van der Waals surface area contributed by atoms with Gasteiger partial charge < -0.3 is 9.47 Å². The number of esters is 1. The fourth-order valence-corrected chi connectivity index (χ4v) is 1.72. The van der Waals surface area contributed by atoms with Gasteiger partial charge in [0.15, 0.2) is 12.4 Å². The van der Waals surface area contributed by atoms with Crippen LogP contribution in [0.5, 0.6) is 5.75 Å². The number of aldehydes is 1. The quantitative estimate of drug-likeness (QED) is 0.598. The lowest BCUT2D eigenvalue weighted by atomic mass is 10.2. The normalized spacial score (nSPS) is 11.7. The Morgan fingerprint density at radius 1 is 1.44 bits per heavy atom. The lowest BCUT2D eigenvalue weighted by Crippen LogP contribution is -2.28. The van der Waals surface area contributed by atoms with Crippen LogP contribution in [0.3, 0.4) is 0 Å². The van der Waals surface area contributed by atoms with E-state index in [0.717, 1.165) is 6.29 Å². The molecule has 0 saturated heterocycles. The molecule has 0 spiro atoms. The van der Waals surface area contributed by atoms with Gasteiger partial charge in [-0.2, -0.15) is 0 Å². The Hall–Kier alpha value is -1.36. The van der Waals surface area contributed by atoms with Gasteiger partial charge in [-0.25, -0.2) is 4.79 Å². The largest absolute Gasteiger partial charge is 0.479 e. The highest BCUT2D eigenvalue weighted by Gasteiger charge is 2.19. The van der Waals surface area contributed by atoms with Gasteiger partial charge in [0, 0.05) is 10.0 Å². The molecule has 98 valence electrons. The van der Waals surface area contributed by atoms with Gasteiger partial charge in [-0.15, -0.1) is 0 Å². The van der Waals surface area contributed by atoms with Crippen molar-refractivity contribution < 1.29 is 19.1 Å². The second-order valence-corrected chi connectivity index (χ2v) is 4.42. The second-order valence-electron chi connectivity index (χ2n) is 3.57. The van der Waals surface area contributed by atoms with Crippen LogP contribution in [0, 0.1) is 0 Å². The molecule has 18 heavy (non-hydrogen) atoms. The maximum atomic E-state index is 11.6. The molecule has 0 radical (unpaired) electrons. The third-order valence-electron chi connectivity index (χ3n) is 2.29. The molecule has 0 aliphatic carbocycles. The van der Waals surface area contributed by atoms with Gasteiger partial charge in [0.05, 0.1) is 6.61 Å². The van der Waals surface area contributed by atoms with Crippen LogP contribution in [-0.2, 0) is 9.53 Å². The molecule has 0 heterocycles. The third kappa shape index (κ3) is 3.84.